The summed E-state index contributed by atoms with van der Waals surface area (Å²) >= 11 is 3.36. The lowest BCUT2D eigenvalue weighted by atomic mass is 9.79. The molecule has 0 saturated carbocycles. The fraction of sp³-hybridized carbons (Fsp3) is 0.667. The van der Waals surface area contributed by atoms with Gasteiger partial charge in [-0.1, -0.05) is 114 Å². The normalized spacial score (nSPS) is 22.6. The zero-order valence-electron chi connectivity index (χ0n) is 47.6. The van der Waals surface area contributed by atoms with Crippen LogP contribution in [0.25, 0.3) is 0 Å². The van der Waals surface area contributed by atoms with E-state index in [1.165, 1.54) is 0 Å². The molecule has 4 aliphatic rings. The maximum Gasteiger partial charge on any atom is 0.246 e. The summed E-state index contributed by atoms with van der Waals surface area (Å²) < 4.78 is 12.5. The molecule has 15 nitrogen and oxygen atoms in total. The maximum atomic E-state index is 14.5. The number of unbranched alkanes of at least 4 members (excludes halogenated alkanes) is 5. The Morgan fingerprint density at radius 2 is 1.05 bits per heavy atom. The lowest BCUT2D eigenvalue weighted by Crippen LogP contribution is -2.58. The van der Waals surface area contributed by atoms with Crippen LogP contribution in [0.2, 0.25) is 0 Å². The van der Waals surface area contributed by atoms with Crippen molar-refractivity contribution in [3.05, 3.63) is 71.8 Å². The summed E-state index contributed by atoms with van der Waals surface area (Å²) in [7, 11) is 1.71. The largest absolute Gasteiger partial charge is 0.381 e. The van der Waals surface area contributed by atoms with Crippen LogP contribution in [0, 0.1) is 10.8 Å². The summed E-state index contributed by atoms with van der Waals surface area (Å²) in [6.45, 7) is 13.4. The number of carbonyl (C=O) groups excluding carboxylic acids is 6. The quantitative estimate of drug-likeness (QED) is 0.0634. The van der Waals surface area contributed by atoms with Gasteiger partial charge >= 0.3 is 0 Å². The minimum Gasteiger partial charge on any atom is -0.381 e. The number of Topliss-reactive ketones (excluding diaryl/α,β-unsaturated/α-hetero) is 1. The van der Waals surface area contributed by atoms with Gasteiger partial charge in [0.2, 0.25) is 29.5 Å². The molecule has 80 heavy (non-hydrogen) atoms. The number of nitrogens with one attached hydrogen (secondary N) is 4. The van der Waals surface area contributed by atoms with Crippen LogP contribution in [0.15, 0.2) is 60.7 Å². The van der Waals surface area contributed by atoms with E-state index in [1.807, 2.05) is 74.5 Å². The number of thioether (sulfide) groups is 2. The van der Waals surface area contributed by atoms with Gasteiger partial charge in [-0.25, -0.2) is 0 Å². The molecule has 6 N–H and O–H groups in total. The van der Waals surface area contributed by atoms with Crippen molar-refractivity contribution >= 4 is 180 Å². The van der Waals surface area contributed by atoms with Gasteiger partial charge in [-0.2, -0.15) is 121 Å². The number of carbonyl (C=O) groups is 6. The molecule has 4 fully saturated rings. The molecule has 0 spiro atoms. The Labute approximate surface area is 549 Å². The number of amides is 5. The van der Waals surface area contributed by atoms with Crippen LogP contribution in [0.3, 0.4) is 0 Å². The molecule has 10 atom stereocenters. The number of fused-ring (bicyclic) bond motifs is 2. The monoisotopic (exact) mass is 1330 g/mol. The molecule has 4 aliphatic heterocycles. The minimum absolute atomic E-state index is 0. The molecule has 464 valence electrons. The van der Waals surface area contributed by atoms with E-state index >= 15 is 0 Å². The van der Waals surface area contributed by atoms with Gasteiger partial charge in [0.1, 0.15) is 18.1 Å². The third kappa shape index (κ3) is 23.4. The third-order valence-electron chi connectivity index (χ3n) is 14.7. The van der Waals surface area contributed by atoms with E-state index in [0.29, 0.717) is 57.9 Å². The van der Waals surface area contributed by atoms with Gasteiger partial charge in [0, 0.05) is 25.6 Å². The van der Waals surface area contributed by atoms with Crippen LogP contribution in [-0.2, 0) is 38.2 Å². The Morgan fingerprint density at radius 1 is 0.625 bits per heavy atom. The fourth-order valence-corrected chi connectivity index (χ4v) is 13.8. The van der Waals surface area contributed by atoms with Crippen molar-refractivity contribution in [1.82, 2.24) is 31.1 Å². The highest BCUT2D eigenvalue weighted by Gasteiger charge is 2.56. The predicted octanol–water partition coefficient (Wildman–Crippen LogP) is 7.08. The SMILES string of the molecule is CN[C@@H](C)C(=O)N[C@H]1CCS[C@H]2CC(C)(C)[C@@H](C(=O)C[C@H](COCCCCCCCCOC[C@@H](NC(=O)[C@H]3N4C(=O)[C@@H](NC(=O)[C@H](C)N)CCS[C@H]4CC3(C)C)c3ccccc3)c3ccccc3)N2C1=O.S.S.S.S.S.S.S.S.S. The number of nitrogens with zero attached hydrogens (tertiary/aromatic N) is 2. The van der Waals surface area contributed by atoms with Crippen LogP contribution in [0.4, 0.5) is 0 Å². The van der Waals surface area contributed by atoms with Crippen molar-refractivity contribution in [2.45, 2.75) is 171 Å². The summed E-state index contributed by atoms with van der Waals surface area (Å²) in [6, 6.07) is 15.5. The molecular formula is C54H99N7O8S11. The van der Waals surface area contributed by atoms with E-state index in [2.05, 4.69) is 35.1 Å². The number of ketones is 1. The van der Waals surface area contributed by atoms with Crippen molar-refractivity contribution in [2.24, 2.45) is 16.6 Å². The third-order valence-corrected chi connectivity index (χ3v) is 17.2. The molecule has 0 bridgehead atoms. The molecule has 6 rings (SSSR count). The van der Waals surface area contributed by atoms with E-state index in [0.717, 1.165) is 55.4 Å². The Balaban J connectivity index is -0.00000321. The van der Waals surface area contributed by atoms with Crippen LogP contribution < -0.4 is 27.0 Å². The van der Waals surface area contributed by atoms with Gasteiger partial charge in [-0.05, 0) is 92.9 Å². The lowest BCUT2D eigenvalue weighted by Gasteiger charge is -2.35. The van der Waals surface area contributed by atoms with Gasteiger partial charge in [0.05, 0.1) is 48.1 Å². The highest BCUT2D eigenvalue weighted by Crippen LogP contribution is 2.48. The Bertz CT molecular complexity index is 2130. The zero-order valence-corrected chi connectivity index (χ0v) is 58.3. The van der Waals surface area contributed by atoms with E-state index < -0.39 is 53.1 Å². The molecule has 2 aromatic rings. The first kappa shape index (κ1) is 85.6. The van der Waals surface area contributed by atoms with Crippen molar-refractivity contribution in [1.29, 1.82) is 0 Å². The molecule has 0 unspecified atom stereocenters. The highest BCUT2D eigenvalue weighted by molar-refractivity contribution is 8.00. The first-order valence-electron chi connectivity index (χ1n) is 25.9. The summed E-state index contributed by atoms with van der Waals surface area (Å²) in [6.07, 6.45) is 8.57. The molecule has 0 radical (unpaired) electrons. The summed E-state index contributed by atoms with van der Waals surface area (Å²) in [5.41, 5.74) is 6.86. The average Bonchev–Trinajstić information content (AvgIpc) is 3.66. The van der Waals surface area contributed by atoms with E-state index in [-0.39, 0.29) is 180 Å². The average molecular weight is 1330 g/mol. The fourth-order valence-electron chi connectivity index (χ4n) is 10.6. The molecule has 4 saturated heterocycles. The lowest BCUT2D eigenvalue weighted by molar-refractivity contribution is -0.144. The van der Waals surface area contributed by atoms with E-state index in [9.17, 15) is 28.8 Å². The van der Waals surface area contributed by atoms with Crippen molar-refractivity contribution in [3.63, 3.8) is 0 Å². The second kappa shape index (κ2) is 41.3. The number of hydrogen-bond donors (Lipinski definition) is 5. The van der Waals surface area contributed by atoms with Crippen molar-refractivity contribution < 1.29 is 38.2 Å². The smallest absolute Gasteiger partial charge is 0.246 e. The molecule has 5 amide bonds. The number of nitrogens with two attached hydrogens (primary N) is 1. The standard InChI is InChI=1S/C54H81N7O8S2.9H2S/c1-35(55)48(63)57-40-24-28-71-45-32-54(5,6)47(61(45)52(40)67)50(65)59-42(38-22-16-13-17-23-38)34-69-27-19-11-9-8-10-18-26-68-33-39(37-20-14-12-15-21-37)30-43(62)46-53(3,4)31-44-60(46)51(66)41(25-29-70-44)58-49(64)36(2)56-7;;;;;;;;;/h12-17,20-23,35-36,39-42,44-47,56H,8-11,18-19,24-34,55H2,1-7H3,(H,57,63)(H,58,64)(H,59,65);9*1H2/t35-,36-,39+,40-,41-,42+,44-,45-,46+,47+;;;;;;;;;/m0........./s1. The molecule has 0 aliphatic carbocycles. The number of hydrogen-bond acceptors (Lipinski definition) is 12. The number of benzene rings is 2. The van der Waals surface area contributed by atoms with Gasteiger partial charge in [-0.3, -0.25) is 28.8 Å². The summed E-state index contributed by atoms with van der Waals surface area (Å²) in [5, 5.41) is 11.7. The molecule has 26 heteroatoms. The summed E-state index contributed by atoms with van der Waals surface area (Å²) in [4.78, 5) is 85.7. The number of rotatable bonds is 25. The first-order chi connectivity index (χ1) is 33.9. The van der Waals surface area contributed by atoms with Gasteiger partial charge < -0.3 is 46.3 Å². The van der Waals surface area contributed by atoms with Gasteiger partial charge in [0.15, 0.2) is 5.78 Å². The number of ether oxygens (including phenoxy) is 2. The van der Waals surface area contributed by atoms with E-state index in [1.54, 1.807) is 54.2 Å². The zero-order chi connectivity index (χ0) is 51.3. The van der Waals surface area contributed by atoms with Gasteiger partial charge in [0.25, 0.3) is 0 Å². The number of likely N-dealkylation sites (N-methyl/N-ethyl adjacent to an activating group) is 1. The Kier molecular flexibility index (Phi) is 44.2. The van der Waals surface area contributed by atoms with Crippen molar-refractivity contribution in [2.75, 3.05) is 45.0 Å². The van der Waals surface area contributed by atoms with Crippen molar-refractivity contribution in [3.8, 4) is 0 Å². The highest BCUT2D eigenvalue weighted by atomic mass is 32.2. The van der Waals surface area contributed by atoms with E-state index in [4.69, 9.17) is 15.2 Å². The van der Waals surface area contributed by atoms with Gasteiger partial charge in [-0.15, -0.1) is 23.5 Å². The Morgan fingerprint density at radius 3 is 1.52 bits per heavy atom. The summed E-state index contributed by atoms with van der Waals surface area (Å²) in [5.74, 6) is 0.0247. The topological polar surface area (TPSA) is 202 Å². The van der Waals surface area contributed by atoms with Crippen LogP contribution in [0.1, 0.15) is 135 Å². The van der Waals surface area contributed by atoms with Crippen LogP contribution in [-0.4, -0.2) is 137 Å². The van der Waals surface area contributed by atoms with Crippen LogP contribution >= 0.6 is 145 Å². The Hall–Kier alpha value is -0.850. The second-order valence-corrected chi connectivity index (χ2v) is 23.9. The minimum atomic E-state index is -0.746. The maximum absolute atomic E-state index is 14.5. The molecule has 2 aromatic carbocycles. The second-order valence-electron chi connectivity index (χ2n) is 21.4. The molecular weight excluding hydrogens is 1230 g/mol. The molecule has 0 aromatic heterocycles. The molecule has 4 heterocycles. The predicted molar refractivity (Wildman–Crippen MR) is 375 cm³/mol. The first-order valence-corrected chi connectivity index (χ1v) is 28.0. The van der Waals surface area contributed by atoms with Crippen LogP contribution in [0.5, 0.6) is 0 Å².